The van der Waals surface area contributed by atoms with Crippen molar-refractivity contribution in [2.75, 3.05) is 13.1 Å². The monoisotopic (exact) mass is 346 g/mol. The van der Waals surface area contributed by atoms with E-state index in [0.29, 0.717) is 19.5 Å². The van der Waals surface area contributed by atoms with Gasteiger partial charge in [-0.3, -0.25) is 4.79 Å². The van der Waals surface area contributed by atoms with Gasteiger partial charge in [0.25, 0.3) is 5.91 Å². The molecule has 0 spiro atoms. The summed E-state index contributed by atoms with van der Waals surface area (Å²) in [7, 11) is 0. The fraction of sp³-hybridized carbons (Fsp3) is 0.500. The summed E-state index contributed by atoms with van der Waals surface area (Å²) in [6.45, 7) is 2.89. The van der Waals surface area contributed by atoms with Crippen molar-refractivity contribution in [2.45, 2.75) is 25.8 Å². The van der Waals surface area contributed by atoms with Crippen LogP contribution in [0.2, 0.25) is 0 Å². The van der Waals surface area contributed by atoms with Crippen LogP contribution in [0.25, 0.3) is 0 Å². The van der Waals surface area contributed by atoms with Gasteiger partial charge >= 0.3 is 0 Å². The fourth-order valence-corrected chi connectivity index (χ4v) is 2.97. The molecule has 1 fully saturated rings. The SMILES string of the molecule is CCC1CN(C(=O)c2c(F)cc(Br)cc2F)CCC1N. The number of carbonyl (C=O) groups is 1. The first-order valence-electron chi connectivity index (χ1n) is 6.63. The molecule has 0 radical (unpaired) electrons. The van der Waals surface area contributed by atoms with E-state index in [0.717, 1.165) is 18.6 Å². The number of nitrogens with two attached hydrogens (primary N) is 1. The van der Waals surface area contributed by atoms with Crippen LogP contribution in [0.15, 0.2) is 16.6 Å². The summed E-state index contributed by atoms with van der Waals surface area (Å²) in [5.41, 5.74) is 5.49. The maximum absolute atomic E-state index is 13.8. The zero-order valence-electron chi connectivity index (χ0n) is 11.2. The second-order valence-electron chi connectivity index (χ2n) is 5.12. The van der Waals surface area contributed by atoms with Crippen LogP contribution in [-0.2, 0) is 0 Å². The molecule has 0 bridgehead atoms. The summed E-state index contributed by atoms with van der Waals surface area (Å²) in [6.07, 6.45) is 1.50. The zero-order chi connectivity index (χ0) is 14.9. The molecule has 20 heavy (non-hydrogen) atoms. The molecular formula is C14H17BrF2N2O. The molecule has 2 rings (SSSR count). The van der Waals surface area contributed by atoms with Crippen LogP contribution >= 0.6 is 15.9 Å². The Morgan fingerprint density at radius 1 is 1.45 bits per heavy atom. The highest BCUT2D eigenvalue weighted by Gasteiger charge is 2.31. The van der Waals surface area contributed by atoms with E-state index in [1.807, 2.05) is 6.92 Å². The van der Waals surface area contributed by atoms with E-state index < -0.39 is 23.1 Å². The maximum atomic E-state index is 13.8. The van der Waals surface area contributed by atoms with Crippen molar-refractivity contribution in [3.05, 3.63) is 33.8 Å². The second-order valence-corrected chi connectivity index (χ2v) is 6.03. The molecule has 2 atom stereocenters. The molecule has 2 N–H and O–H groups in total. The Morgan fingerprint density at radius 3 is 2.60 bits per heavy atom. The first-order chi connectivity index (χ1) is 9.43. The highest BCUT2D eigenvalue weighted by atomic mass is 79.9. The molecule has 1 aliphatic rings. The Bertz CT molecular complexity index is 501. The molecule has 1 saturated heterocycles. The van der Waals surface area contributed by atoms with Crippen molar-refractivity contribution >= 4 is 21.8 Å². The van der Waals surface area contributed by atoms with Gasteiger partial charge in [0, 0.05) is 23.6 Å². The molecule has 110 valence electrons. The predicted molar refractivity (Wildman–Crippen MR) is 76.3 cm³/mol. The van der Waals surface area contributed by atoms with E-state index in [1.165, 1.54) is 4.90 Å². The minimum Gasteiger partial charge on any atom is -0.338 e. The fourth-order valence-electron chi connectivity index (χ4n) is 2.57. The van der Waals surface area contributed by atoms with E-state index in [1.54, 1.807) is 0 Å². The van der Waals surface area contributed by atoms with Crippen LogP contribution in [0, 0.1) is 17.6 Å². The first-order valence-corrected chi connectivity index (χ1v) is 7.42. The Morgan fingerprint density at radius 2 is 2.05 bits per heavy atom. The van der Waals surface area contributed by atoms with Crippen LogP contribution in [0.5, 0.6) is 0 Å². The summed E-state index contributed by atoms with van der Waals surface area (Å²) < 4.78 is 27.9. The van der Waals surface area contributed by atoms with E-state index >= 15 is 0 Å². The zero-order valence-corrected chi connectivity index (χ0v) is 12.8. The van der Waals surface area contributed by atoms with Gasteiger partial charge in [-0.25, -0.2) is 8.78 Å². The summed E-state index contributed by atoms with van der Waals surface area (Å²) in [6, 6.07) is 2.25. The lowest BCUT2D eigenvalue weighted by molar-refractivity contribution is 0.0639. The molecular weight excluding hydrogens is 330 g/mol. The number of rotatable bonds is 2. The largest absolute Gasteiger partial charge is 0.338 e. The van der Waals surface area contributed by atoms with Crippen molar-refractivity contribution in [3.63, 3.8) is 0 Å². The Balaban J connectivity index is 2.24. The third kappa shape index (κ3) is 3.01. The third-order valence-corrected chi connectivity index (χ3v) is 4.28. The molecule has 0 aliphatic carbocycles. The molecule has 3 nitrogen and oxygen atoms in total. The Kier molecular flexibility index (Phi) is 4.75. The van der Waals surface area contributed by atoms with E-state index in [4.69, 9.17) is 5.73 Å². The van der Waals surface area contributed by atoms with Crippen molar-refractivity contribution in [2.24, 2.45) is 11.7 Å². The summed E-state index contributed by atoms with van der Waals surface area (Å²) in [5.74, 6) is -2.11. The molecule has 0 saturated carbocycles. The molecule has 1 aliphatic heterocycles. The molecule has 1 amide bonds. The van der Waals surface area contributed by atoms with E-state index in [2.05, 4.69) is 15.9 Å². The van der Waals surface area contributed by atoms with Crippen LogP contribution < -0.4 is 5.73 Å². The minimum atomic E-state index is -0.843. The van der Waals surface area contributed by atoms with Crippen molar-refractivity contribution in [1.29, 1.82) is 0 Å². The number of nitrogens with zero attached hydrogens (tertiary/aromatic N) is 1. The van der Waals surface area contributed by atoms with Crippen LogP contribution in [0.1, 0.15) is 30.1 Å². The minimum absolute atomic E-state index is 0.0451. The topological polar surface area (TPSA) is 46.3 Å². The third-order valence-electron chi connectivity index (χ3n) is 3.83. The lowest BCUT2D eigenvalue weighted by Crippen LogP contribution is -2.49. The predicted octanol–water partition coefficient (Wildman–Crippen LogP) is 2.93. The van der Waals surface area contributed by atoms with Crippen molar-refractivity contribution < 1.29 is 13.6 Å². The van der Waals surface area contributed by atoms with Gasteiger partial charge in [0.15, 0.2) is 0 Å². The maximum Gasteiger partial charge on any atom is 0.259 e. The molecule has 1 aromatic carbocycles. The summed E-state index contributed by atoms with van der Waals surface area (Å²) >= 11 is 3.00. The van der Waals surface area contributed by atoms with Crippen LogP contribution in [-0.4, -0.2) is 29.9 Å². The quantitative estimate of drug-likeness (QED) is 0.894. The van der Waals surface area contributed by atoms with Gasteiger partial charge in [-0.2, -0.15) is 0 Å². The van der Waals surface area contributed by atoms with E-state index in [-0.39, 0.29) is 16.4 Å². The molecule has 1 heterocycles. The van der Waals surface area contributed by atoms with Crippen molar-refractivity contribution in [1.82, 2.24) is 4.90 Å². The van der Waals surface area contributed by atoms with Gasteiger partial charge in [-0.05, 0) is 24.5 Å². The summed E-state index contributed by atoms with van der Waals surface area (Å²) in [4.78, 5) is 13.8. The number of benzene rings is 1. The van der Waals surface area contributed by atoms with Crippen molar-refractivity contribution in [3.8, 4) is 0 Å². The highest BCUT2D eigenvalue weighted by molar-refractivity contribution is 9.10. The molecule has 6 heteroatoms. The smallest absolute Gasteiger partial charge is 0.259 e. The Labute approximate surface area is 125 Å². The average Bonchev–Trinajstić information content (AvgIpc) is 2.37. The average molecular weight is 347 g/mol. The number of carbonyl (C=O) groups excluding carboxylic acids is 1. The number of hydrogen-bond donors (Lipinski definition) is 1. The van der Waals surface area contributed by atoms with Gasteiger partial charge in [0.05, 0.1) is 0 Å². The molecule has 1 aromatic rings. The number of likely N-dealkylation sites (tertiary alicyclic amines) is 1. The van der Waals surface area contributed by atoms with Gasteiger partial charge in [0.2, 0.25) is 0 Å². The number of halogens is 3. The van der Waals surface area contributed by atoms with Gasteiger partial charge in [-0.1, -0.05) is 29.3 Å². The molecule has 0 aromatic heterocycles. The first kappa shape index (κ1) is 15.4. The van der Waals surface area contributed by atoms with Gasteiger partial charge in [0.1, 0.15) is 17.2 Å². The lowest BCUT2D eigenvalue weighted by atomic mass is 9.90. The number of amides is 1. The standard InChI is InChI=1S/C14H17BrF2N2O/c1-2-8-7-19(4-3-12(8)18)14(20)13-10(16)5-9(15)6-11(13)17/h5-6,8,12H,2-4,7,18H2,1H3. The molecule has 2 unspecified atom stereocenters. The second kappa shape index (κ2) is 6.18. The number of piperidine rings is 1. The summed E-state index contributed by atoms with van der Waals surface area (Å²) in [5, 5.41) is 0. The van der Waals surface area contributed by atoms with Gasteiger partial charge < -0.3 is 10.6 Å². The van der Waals surface area contributed by atoms with Crippen LogP contribution in [0.3, 0.4) is 0 Å². The Hall–Kier alpha value is -1.01. The lowest BCUT2D eigenvalue weighted by Gasteiger charge is -2.36. The number of hydrogen-bond acceptors (Lipinski definition) is 2. The van der Waals surface area contributed by atoms with Crippen LogP contribution in [0.4, 0.5) is 8.78 Å². The van der Waals surface area contributed by atoms with Gasteiger partial charge in [-0.15, -0.1) is 0 Å². The van der Waals surface area contributed by atoms with E-state index in [9.17, 15) is 13.6 Å². The highest BCUT2D eigenvalue weighted by Crippen LogP contribution is 2.24. The normalized spacial score (nSPS) is 22.9.